The molecule has 3 nitrogen and oxygen atoms in total. The van der Waals surface area contributed by atoms with E-state index in [1.807, 2.05) is 23.3 Å². The van der Waals surface area contributed by atoms with Crippen LogP contribution in [-0.2, 0) is 0 Å². The van der Waals surface area contributed by atoms with Crippen molar-refractivity contribution < 1.29 is 0 Å². The van der Waals surface area contributed by atoms with Gasteiger partial charge in [-0.3, -0.25) is 4.98 Å². The Morgan fingerprint density at radius 2 is 1.75 bits per heavy atom. The van der Waals surface area contributed by atoms with Crippen LogP contribution in [0.25, 0.3) is 11.1 Å². The average Bonchev–Trinajstić information content (AvgIpc) is 3.02. The molecule has 0 aliphatic heterocycles. The maximum Gasteiger partial charge on any atom is 0.0952 e. The average molecular weight is 263 g/mol. The fourth-order valence-electron chi connectivity index (χ4n) is 2.22. The monoisotopic (exact) mass is 263 g/mol. The van der Waals surface area contributed by atoms with Gasteiger partial charge in [-0.15, -0.1) is 0 Å². The van der Waals surface area contributed by atoms with Crippen LogP contribution < -0.4 is 0 Å². The van der Waals surface area contributed by atoms with E-state index in [-0.39, 0.29) is 6.04 Å². The minimum Gasteiger partial charge on any atom is -0.329 e. The lowest BCUT2D eigenvalue weighted by atomic mass is 10.1. The van der Waals surface area contributed by atoms with Gasteiger partial charge < -0.3 is 4.57 Å². The molecule has 0 fully saturated rings. The van der Waals surface area contributed by atoms with Gasteiger partial charge in [0.05, 0.1) is 18.1 Å². The molecule has 2 heterocycles. The molecule has 0 spiro atoms. The van der Waals surface area contributed by atoms with Crippen LogP contribution in [-0.4, -0.2) is 14.5 Å². The molecule has 0 saturated carbocycles. The number of rotatable bonds is 3. The Morgan fingerprint density at radius 3 is 2.35 bits per heavy atom. The number of aromatic nitrogens is 3. The van der Waals surface area contributed by atoms with Crippen molar-refractivity contribution in [1.82, 2.24) is 14.5 Å². The van der Waals surface area contributed by atoms with E-state index in [9.17, 15) is 0 Å². The Labute approximate surface area is 118 Å². The molecule has 0 aliphatic rings. The Balaban J connectivity index is 1.86. The quantitative estimate of drug-likeness (QED) is 0.718. The molecule has 0 radical (unpaired) electrons. The molecule has 0 amide bonds. The third-order valence-corrected chi connectivity index (χ3v) is 3.57. The highest BCUT2D eigenvalue weighted by Crippen LogP contribution is 2.21. The van der Waals surface area contributed by atoms with Gasteiger partial charge in [0.1, 0.15) is 0 Å². The van der Waals surface area contributed by atoms with Gasteiger partial charge >= 0.3 is 0 Å². The van der Waals surface area contributed by atoms with Crippen molar-refractivity contribution in [3.8, 4) is 11.1 Å². The molecule has 20 heavy (non-hydrogen) atoms. The van der Waals surface area contributed by atoms with Crippen LogP contribution in [0.3, 0.4) is 0 Å². The smallest absolute Gasteiger partial charge is 0.0952 e. The Bertz CT molecular complexity index is 667. The molecule has 1 unspecified atom stereocenters. The zero-order chi connectivity index (χ0) is 13.9. The van der Waals surface area contributed by atoms with E-state index in [2.05, 4.69) is 60.2 Å². The van der Waals surface area contributed by atoms with Gasteiger partial charge in [0, 0.05) is 24.2 Å². The van der Waals surface area contributed by atoms with Crippen molar-refractivity contribution in [2.75, 3.05) is 0 Å². The first-order valence-corrected chi connectivity index (χ1v) is 6.74. The molecule has 3 rings (SSSR count). The van der Waals surface area contributed by atoms with Crippen molar-refractivity contribution in [2.45, 2.75) is 19.9 Å². The largest absolute Gasteiger partial charge is 0.329 e. The highest BCUT2D eigenvalue weighted by molar-refractivity contribution is 5.62. The van der Waals surface area contributed by atoms with Crippen molar-refractivity contribution in [3.05, 3.63) is 72.6 Å². The number of imidazole rings is 1. The van der Waals surface area contributed by atoms with E-state index in [0.717, 1.165) is 11.3 Å². The second kappa shape index (κ2) is 5.29. The SMILES string of the molecule is Cc1ccc(-c2ccc(C(C)n3ccnc3)nc2)cc1. The standard InChI is InChI=1S/C17H17N3/c1-13-3-5-15(6-4-13)16-7-8-17(19-11-16)14(2)20-10-9-18-12-20/h3-12,14H,1-2H3. The van der Waals surface area contributed by atoms with E-state index in [1.165, 1.54) is 11.1 Å². The number of pyridine rings is 1. The van der Waals surface area contributed by atoms with Crippen molar-refractivity contribution in [3.63, 3.8) is 0 Å². The van der Waals surface area contributed by atoms with Crippen molar-refractivity contribution in [1.29, 1.82) is 0 Å². The topological polar surface area (TPSA) is 30.7 Å². The molecule has 1 aromatic carbocycles. The fourth-order valence-corrected chi connectivity index (χ4v) is 2.22. The number of hydrogen-bond donors (Lipinski definition) is 0. The molecule has 0 bridgehead atoms. The van der Waals surface area contributed by atoms with Crippen LogP contribution in [0.1, 0.15) is 24.2 Å². The number of aryl methyl sites for hydroxylation is 1. The Morgan fingerprint density at radius 1 is 1.00 bits per heavy atom. The number of hydrogen-bond acceptors (Lipinski definition) is 2. The summed E-state index contributed by atoms with van der Waals surface area (Å²) in [4.78, 5) is 8.66. The predicted molar refractivity (Wildman–Crippen MR) is 80.5 cm³/mol. The number of nitrogens with zero attached hydrogens (tertiary/aromatic N) is 3. The summed E-state index contributed by atoms with van der Waals surface area (Å²) in [5, 5.41) is 0. The fraction of sp³-hybridized carbons (Fsp3) is 0.176. The Hall–Kier alpha value is -2.42. The molecule has 3 heteroatoms. The van der Waals surface area contributed by atoms with E-state index < -0.39 is 0 Å². The van der Waals surface area contributed by atoms with Gasteiger partial charge in [0.2, 0.25) is 0 Å². The highest BCUT2D eigenvalue weighted by Gasteiger charge is 2.08. The number of benzene rings is 1. The van der Waals surface area contributed by atoms with Crippen LogP contribution in [0.4, 0.5) is 0 Å². The minimum atomic E-state index is 0.199. The maximum absolute atomic E-state index is 4.58. The van der Waals surface area contributed by atoms with Crippen LogP contribution in [0, 0.1) is 6.92 Å². The van der Waals surface area contributed by atoms with Crippen molar-refractivity contribution in [2.24, 2.45) is 0 Å². The molecule has 1 atom stereocenters. The highest BCUT2D eigenvalue weighted by atomic mass is 15.1. The van der Waals surface area contributed by atoms with Gasteiger partial charge in [-0.1, -0.05) is 35.9 Å². The molecule has 100 valence electrons. The van der Waals surface area contributed by atoms with Gasteiger partial charge in [0.25, 0.3) is 0 Å². The predicted octanol–water partition coefficient (Wildman–Crippen LogP) is 3.86. The minimum absolute atomic E-state index is 0.199. The molecule has 2 aromatic heterocycles. The first kappa shape index (κ1) is 12.6. The van der Waals surface area contributed by atoms with E-state index >= 15 is 0 Å². The van der Waals surface area contributed by atoms with Crippen LogP contribution in [0.15, 0.2) is 61.3 Å². The summed E-state index contributed by atoms with van der Waals surface area (Å²) >= 11 is 0. The molecular weight excluding hydrogens is 246 g/mol. The molecular formula is C17H17N3. The van der Waals surface area contributed by atoms with Gasteiger partial charge in [0.15, 0.2) is 0 Å². The van der Waals surface area contributed by atoms with Gasteiger partial charge in [-0.05, 0) is 25.5 Å². The molecule has 3 aromatic rings. The zero-order valence-electron chi connectivity index (χ0n) is 11.7. The third-order valence-electron chi connectivity index (χ3n) is 3.57. The third kappa shape index (κ3) is 2.48. The lowest BCUT2D eigenvalue weighted by molar-refractivity contribution is 0.620. The normalized spacial score (nSPS) is 12.3. The summed E-state index contributed by atoms with van der Waals surface area (Å²) in [7, 11) is 0. The van der Waals surface area contributed by atoms with Gasteiger partial charge in [-0.25, -0.2) is 4.98 Å². The summed E-state index contributed by atoms with van der Waals surface area (Å²) in [6.07, 6.45) is 7.51. The first-order valence-electron chi connectivity index (χ1n) is 6.74. The Kier molecular flexibility index (Phi) is 3.33. The van der Waals surface area contributed by atoms with Gasteiger partial charge in [-0.2, -0.15) is 0 Å². The van der Waals surface area contributed by atoms with Crippen LogP contribution >= 0.6 is 0 Å². The molecule has 0 N–H and O–H groups in total. The maximum atomic E-state index is 4.58. The van der Waals surface area contributed by atoms with Crippen LogP contribution in [0.5, 0.6) is 0 Å². The summed E-state index contributed by atoms with van der Waals surface area (Å²) in [6, 6.07) is 12.9. The summed E-state index contributed by atoms with van der Waals surface area (Å²) in [6.45, 7) is 4.22. The first-order chi connectivity index (χ1) is 9.74. The summed E-state index contributed by atoms with van der Waals surface area (Å²) < 4.78 is 2.05. The second-order valence-electron chi connectivity index (χ2n) is 5.02. The van der Waals surface area contributed by atoms with E-state index in [4.69, 9.17) is 0 Å². The van der Waals surface area contributed by atoms with E-state index in [0.29, 0.717) is 0 Å². The van der Waals surface area contributed by atoms with E-state index in [1.54, 1.807) is 6.20 Å². The van der Waals surface area contributed by atoms with Crippen molar-refractivity contribution >= 4 is 0 Å². The molecule has 0 aliphatic carbocycles. The molecule has 0 saturated heterocycles. The summed E-state index contributed by atoms with van der Waals surface area (Å²) in [5.41, 5.74) is 4.66. The summed E-state index contributed by atoms with van der Waals surface area (Å²) in [5.74, 6) is 0. The lowest BCUT2D eigenvalue weighted by Crippen LogP contribution is -2.06. The zero-order valence-corrected chi connectivity index (χ0v) is 11.7. The second-order valence-corrected chi connectivity index (χ2v) is 5.02. The van der Waals surface area contributed by atoms with Crippen LogP contribution in [0.2, 0.25) is 0 Å². The lowest BCUT2D eigenvalue weighted by Gasteiger charge is -2.12.